The van der Waals surface area contributed by atoms with Crippen molar-refractivity contribution in [1.82, 2.24) is 0 Å². The van der Waals surface area contributed by atoms with E-state index in [2.05, 4.69) is 6.08 Å². The Kier molecular flexibility index (Phi) is 1.22. The zero-order chi connectivity index (χ0) is 7.84. The molecule has 0 aromatic rings. The summed E-state index contributed by atoms with van der Waals surface area (Å²) in [4.78, 5) is 10.5. The van der Waals surface area contributed by atoms with Crippen LogP contribution in [0.2, 0.25) is 0 Å². The zero-order valence-electron chi connectivity index (χ0n) is 6.00. The van der Waals surface area contributed by atoms with Crippen LogP contribution >= 0.6 is 0 Å². The van der Waals surface area contributed by atoms with E-state index < -0.39 is 5.97 Å². The van der Waals surface area contributed by atoms with Gasteiger partial charge in [0.25, 0.3) is 0 Å². The molecular formula is C9H8O2. The number of hydrogen-bond acceptors (Lipinski definition) is 1. The van der Waals surface area contributed by atoms with Crippen LogP contribution in [0.5, 0.6) is 0 Å². The highest BCUT2D eigenvalue weighted by Crippen LogP contribution is 2.32. The van der Waals surface area contributed by atoms with Gasteiger partial charge in [0, 0.05) is 12.0 Å². The first-order valence-electron chi connectivity index (χ1n) is 3.60. The molecule has 0 aromatic heterocycles. The fraction of sp³-hybridized carbons (Fsp3) is 0.222. The van der Waals surface area contributed by atoms with Gasteiger partial charge in [-0.1, -0.05) is 12.2 Å². The number of carbonyl (C=O) groups is 1. The summed E-state index contributed by atoms with van der Waals surface area (Å²) in [6, 6.07) is 0. The third kappa shape index (κ3) is 0.909. The summed E-state index contributed by atoms with van der Waals surface area (Å²) in [7, 11) is 0. The SMILES string of the molecule is O=C(O)C1=CC2=C(C=CC2)C1. The summed E-state index contributed by atoms with van der Waals surface area (Å²) < 4.78 is 0. The number of hydrogen-bond donors (Lipinski definition) is 1. The van der Waals surface area contributed by atoms with Gasteiger partial charge in [0.2, 0.25) is 0 Å². The van der Waals surface area contributed by atoms with Gasteiger partial charge in [0.05, 0.1) is 0 Å². The van der Waals surface area contributed by atoms with E-state index in [4.69, 9.17) is 5.11 Å². The third-order valence-electron chi connectivity index (χ3n) is 2.07. The summed E-state index contributed by atoms with van der Waals surface area (Å²) in [5.41, 5.74) is 2.89. The summed E-state index contributed by atoms with van der Waals surface area (Å²) in [5.74, 6) is -0.784. The van der Waals surface area contributed by atoms with Crippen molar-refractivity contribution in [2.75, 3.05) is 0 Å². The number of carboxylic acids is 1. The monoisotopic (exact) mass is 148 g/mol. The molecule has 0 fully saturated rings. The normalized spacial score (nSPS) is 20.5. The van der Waals surface area contributed by atoms with Crippen LogP contribution in [0.4, 0.5) is 0 Å². The van der Waals surface area contributed by atoms with Crippen LogP contribution in [0.25, 0.3) is 0 Å². The van der Waals surface area contributed by atoms with Crippen LogP contribution in [-0.4, -0.2) is 11.1 Å². The van der Waals surface area contributed by atoms with Crippen molar-refractivity contribution in [3.8, 4) is 0 Å². The van der Waals surface area contributed by atoms with Crippen molar-refractivity contribution < 1.29 is 9.90 Å². The van der Waals surface area contributed by atoms with Crippen molar-refractivity contribution in [3.63, 3.8) is 0 Å². The second-order valence-corrected chi connectivity index (χ2v) is 2.81. The number of rotatable bonds is 1. The second kappa shape index (κ2) is 2.09. The Balaban J connectivity index is 2.23. The van der Waals surface area contributed by atoms with E-state index in [-0.39, 0.29) is 0 Å². The highest BCUT2D eigenvalue weighted by Gasteiger charge is 2.20. The molecule has 11 heavy (non-hydrogen) atoms. The molecule has 0 radical (unpaired) electrons. The summed E-state index contributed by atoms with van der Waals surface area (Å²) in [5, 5.41) is 8.65. The first-order chi connectivity index (χ1) is 5.27. The minimum Gasteiger partial charge on any atom is -0.478 e. The molecule has 2 nitrogen and oxygen atoms in total. The van der Waals surface area contributed by atoms with Crippen LogP contribution in [0.3, 0.4) is 0 Å². The first-order valence-corrected chi connectivity index (χ1v) is 3.60. The molecule has 2 aliphatic rings. The standard InChI is InChI=1S/C9H8O2/c10-9(11)8-4-6-2-1-3-7(6)5-8/h1-2,5H,3-4H2,(H,10,11). The van der Waals surface area contributed by atoms with Gasteiger partial charge >= 0.3 is 5.97 Å². The van der Waals surface area contributed by atoms with Crippen LogP contribution in [0, 0.1) is 0 Å². The van der Waals surface area contributed by atoms with E-state index in [1.165, 1.54) is 11.1 Å². The predicted molar refractivity (Wildman–Crippen MR) is 41.1 cm³/mol. The maximum Gasteiger partial charge on any atom is 0.331 e. The fourth-order valence-electron chi connectivity index (χ4n) is 1.49. The van der Waals surface area contributed by atoms with Crippen LogP contribution in [0.15, 0.2) is 34.9 Å². The molecule has 0 atom stereocenters. The van der Waals surface area contributed by atoms with E-state index in [1.54, 1.807) is 6.08 Å². The molecule has 1 N–H and O–H groups in total. The van der Waals surface area contributed by atoms with Gasteiger partial charge in [-0.3, -0.25) is 0 Å². The van der Waals surface area contributed by atoms with Crippen molar-refractivity contribution in [1.29, 1.82) is 0 Å². The molecule has 56 valence electrons. The lowest BCUT2D eigenvalue weighted by Crippen LogP contribution is -1.97. The maximum atomic E-state index is 10.5. The van der Waals surface area contributed by atoms with Crippen molar-refractivity contribution >= 4 is 5.97 Å². The van der Waals surface area contributed by atoms with Gasteiger partial charge in [-0.2, -0.15) is 0 Å². The van der Waals surface area contributed by atoms with E-state index in [1.807, 2.05) is 6.08 Å². The Hall–Kier alpha value is -1.31. The van der Waals surface area contributed by atoms with Gasteiger partial charge in [-0.15, -0.1) is 0 Å². The predicted octanol–water partition coefficient (Wildman–Crippen LogP) is 1.66. The Morgan fingerprint density at radius 3 is 2.91 bits per heavy atom. The number of allylic oxidation sites excluding steroid dienone is 5. The Morgan fingerprint density at radius 2 is 2.27 bits per heavy atom. The van der Waals surface area contributed by atoms with Gasteiger partial charge in [0.1, 0.15) is 0 Å². The van der Waals surface area contributed by atoms with Crippen molar-refractivity contribution in [2.45, 2.75) is 12.8 Å². The molecule has 0 aromatic carbocycles. The Labute approximate surface area is 64.5 Å². The lowest BCUT2D eigenvalue weighted by atomic mass is 10.1. The Morgan fingerprint density at radius 1 is 1.45 bits per heavy atom. The van der Waals surface area contributed by atoms with Crippen LogP contribution < -0.4 is 0 Å². The summed E-state index contributed by atoms with van der Waals surface area (Å²) in [6.07, 6.45) is 7.40. The molecule has 0 bridgehead atoms. The van der Waals surface area contributed by atoms with E-state index >= 15 is 0 Å². The van der Waals surface area contributed by atoms with Gasteiger partial charge in [0.15, 0.2) is 0 Å². The molecular weight excluding hydrogens is 140 g/mol. The largest absolute Gasteiger partial charge is 0.478 e. The second-order valence-electron chi connectivity index (χ2n) is 2.81. The molecule has 0 heterocycles. The Bertz CT molecular complexity index is 306. The molecule has 0 amide bonds. The average Bonchev–Trinajstić information content (AvgIpc) is 2.40. The minimum atomic E-state index is -0.784. The average molecular weight is 148 g/mol. The smallest absolute Gasteiger partial charge is 0.331 e. The third-order valence-corrected chi connectivity index (χ3v) is 2.07. The maximum absolute atomic E-state index is 10.5. The molecule has 0 aliphatic heterocycles. The van der Waals surface area contributed by atoms with Crippen molar-refractivity contribution in [2.24, 2.45) is 0 Å². The lowest BCUT2D eigenvalue weighted by Gasteiger charge is -1.92. The zero-order valence-corrected chi connectivity index (χ0v) is 6.00. The summed E-state index contributed by atoms with van der Waals surface area (Å²) >= 11 is 0. The molecule has 2 heteroatoms. The molecule has 2 rings (SSSR count). The van der Waals surface area contributed by atoms with Crippen LogP contribution in [-0.2, 0) is 4.79 Å². The van der Waals surface area contributed by atoms with Gasteiger partial charge < -0.3 is 5.11 Å². The number of aliphatic carboxylic acids is 1. The molecule has 0 saturated carbocycles. The highest BCUT2D eigenvalue weighted by atomic mass is 16.4. The van der Waals surface area contributed by atoms with E-state index in [0.29, 0.717) is 12.0 Å². The van der Waals surface area contributed by atoms with Crippen LogP contribution in [0.1, 0.15) is 12.8 Å². The van der Waals surface area contributed by atoms with Gasteiger partial charge in [-0.05, 0) is 23.6 Å². The molecule has 0 spiro atoms. The first kappa shape index (κ1) is 6.40. The van der Waals surface area contributed by atoms with Gasteiger partial charge in [-0.25, -0.2) is 4.79 Å². The highest BCUT2D eigenvalue weighted by molar-refractivity contribution is 5.89. The molecule has 0 unspecified atom stereocenters. The lowest BCUT2D eigenvalue weighted by molar-refractivity contribution is -0.132. The quantitative estimate of drug-likeness (QED) is 0.614. The molecule has 0 saturated heterocycles. The fourth-order valence-corrected chi connectivity index (χ4v) is 1.49. The van der Waals surface area contributed by atoms with E-state index in [9.17, 15) is 4.79 Å². The topological polar surface area (TPSA) is 37.3 Å². The minimum absolute atomic E-state index is 0.527. The van der Waals surface area contributed by atoms with E-state index in [0.717, 1.165) is 6.42 Å². The number of carboxylic acid groups (broad SMARTS) is 1. The van der Waals surface area contributed by atoms with Crippen molar-refractivity contribution in [3.05, 3.63) is 34.9 Å². The molecule has 2 aliphatic carbocycles. The summed E-state index contributed by atoms with van der Waals surface area (Å²) in [6.45, 7) is 0.